The Morgan fingerprint density at radius 1 is 0.808 bits per heavy atom. The van der Waals surface area contributed by atoms with Gasteiger partial charge in [-0.25, -0.2) is 5.43 Å². The number of halogens is 2. The van der Waals surface area contributed by atoms with Crippen LogP contribution in [0, 0.1) is 0 Å². The Hall–Kier alpha value is -2.45. The Balaban J connectivity index is 2.12. The van der Waals surface area contributed by atoms with Crippen molar-refractivity contribution in [2.45, 2.75) is 0 Å². The minimum absolute atomic E-state index is 0.107. The maximum absolute atomic E-state index is 9.43. The molecule has 9 heteroatoms. The van der Waals surface area contributed by atoms with Crippen molar-refractivity contribution in [2.75, 3.05) is 13.2 Å². The molecule has 2 aromatic rings. The number of guanidine groups is 1. The molecule has 0 aliphatic carbocycles. The molecule has 0 aromatic heterocycles. The molecule has 5 N–H and O–H groups in total. The van der Waals surface area contributed by atoms with Gasteiger partial charge in [0.2, 0.25) is 5.96 Å². The molecule has 7 nitrogen and oxygen atoms in total. The highest BCUT2D eigenvalue weighted by atomic mass is 35.5. The summed E-state index contributed by atoms with van der Waals surface area (Å²) in [5, 5.41) is 31.7. The lowest BCUT2D eigenvalue weighted by atomic mass is 10.1. The van der Waals surface area contributed by atoms with E-state index < -0.39 is 0 Å². The van der Waals surface area contributed by atoms with Crippen LogP contribution >= 0.6 is 23.2 Å². The van der Waals surface area contributed by atoms with Gasteiger partial charge >= 0.3 is 0 Å². The van der Waals surface area contributed by atoms with Crippen LogP contribution in [0.25, 0.3) is 0 Å². The average Bonchev–Trinajstić information content (AvgIpc) is 2.65. The molecule has 0 fully saturated rings. The van der Waals surface area contributed by atoms with Gasteiger partial charge in [-0.2, -0.15) is 5.10 Å². The first-order valence-electron chi connectivity index (χ1n) is 7.49. The molecule has 0 unspecified atom stereocenters. The minimum atomic E-state index is -0.325. The number of hydrazone groups is 1. The molecule has 0 amide bonds. The number of benzene rings is 2. The van der Waals surface area contributed by atoms with Gasteiger partial charge in [0, 0.05) is 21.2 Å². The zero-order valence-corrected chi connectivity index (χ0v) is 15.1. The molecule has 0 heterocycles. The van der Waals surface area contributed by atoms with Gasteiger partial charge in [-0.3, -0.25) is 0 Å². The number of hydrogen-bond acceptors (Lipinski definition) is 5. The fraction of sp³-hybridized carbons (Fsp3) is 0.118. The van der Waals surface area contributed by atoms with Gasteiger partial charge in [-0.15, -0.1) is 10.2 Å². The topological polar surface area (TPSA) is 116 Å². The largest absolute Gasteiger partial charge is 0.390 e. The van der Waals surface area contributed by atoms with Crippen LogP contribution in [0.1, 0.15) is 11.1 Å². The Morgan fingerprint density at radius 3 is 1.73 bits per heavy atom. The zero-order valence-electron chi connectivity index (χ0n) is 13.6. The number of nitrogens with two attached hydrogens (primary N) is 1. The second-order valence-corrected chi connectivity index (χ2v) is 5.91. The average molecular weight is 394 g/mol. The molecule has 0 saturated carbocycles. The van der Waals surface area contributed by atoms with E-state index in [1.54, 1.807) is 48.5 Å². The third-order valence-electron chi connectivity index (χ3n) is 3.24. The summed E-state index contributed by atoms with van der Waals surface area (Å²) >= 11 is 11.7. The second kappa shape index (κ2) is 9.88. The van der Waals surface area contributed by atoms with E-state index in [2.05, 4.69) is 20.7 Å². The maximum Gasteiger partial charge on any atom is 0.234 e. The van der Waals surface area contributed by atoms with Crippen LogP contribution in [0.5, 0.6) is 0 Å². The predicted molar refractivity (Wildman–Crippen MR) is 105 cm³/mol. The van der Waals surface area contributed by atoms with Crippen LogP contribution < -0.4 is 11.2 Å². The fourth-order valence-electron chi connectivity index (χ4n) is 1.92. The highest BCUT2D eigenvalue weighted by Crippen LogP contribution is 2.11. The van der Waals surface area contributed by atoms with Gasteiger partial charge in [0.05, 0.1) is 24.6 Å². The van der Waals surface area contributed by atoms with E-state index >= 15 is 0 Å². The van der Waals surface area contributed by atoms with Crippen LogP contribution in [0.3, 0.4) is 0 Å². The van der Waals surface area contributed by atoms with Gasteiger partial charge in [0.25, 0.3) is 0 Å². The molecule has 26 heavy (non-hydrogen) atoms. The molecule has 2 aromatic carbocycles. The summed E-state index contributed by atoms with van der Waals surface area (Å²) in [7, 11) is 0. The van der Waals surface area contributed by atoms with Crippen molar-refractivity contribution >= 4 is 40.6 Å². The monoisotopic (exact) mass is 393 g/mol. The number of aliphatic hydroxyl groups is 2. The zero-order chi connectivity index (χ0) is 18.9. The second-order valence-electron chi connectivity index (χ2n) is 5.03. The first-order chi connectivity index (χ1) is 12.5. The highest BCUT2D eigenvalue weighted by Gasteiger charge is 2.04. The van der Waals surface area contributed by atoms with E-state index in [0.717, 1.165) is 0 Å². The normalized spacial score (nSPS) is 13.0. The van der Waals surface area contributed by atoms with Crippen molar-refractivity contribution in [1.29, 1.82) is 0 Å². The fourth-order valence-corrected chi connectivity index (χ4v) is 2.17. The summed E-state index contributed by atoms with van der Waals surface area (Å²) in [4.78, 5) is 0. The van der Waals surface area contributed by atoms with Gasteiger partial charge in [0.15, 0.2) is 0 Å². The molecule has 0 aliphatic rings. The summed E-state index contributed by atoms with van der Waals surface area (Å²) in [5.74, 6) is -0.107. The third kappa shape index (κ3) is 5.82. The van der Waals surface area contributed by atoms with E-state index in [0.29, 0.717) is 32.6 Å². The van der Waals surface area contributed by atoms with Gasteiger partial charge in [-0.05, 0) is 24.3 Å². The summed E-state index contributed by atoms with van der Waals surface area (Å²) in [6.07, 6.45) is 0. The number of nitrogens with one attached hydrogen (secondary N) is 1. The van der Waals surface area contributed by atoms with Crippen molar-refractivity contribution in [3.8, 4) is 0 Å². The van der Waals surface area contributed by atoms with Gasteiger partial charge < -0.3 is 15.9 Å². The predicted octanol–water partition coefficient (Wildman–Crippen LogP) is 1.99. The SMILES string of the molecule is NC(=N/N=C(\CO)c1ccc(Cl)cc1)N/N=C(\CO)c1ccc(Cl)cc1. The molecule has 136 valence electrons. The Labute approximate surface area is 160 Å². The lowest BCUT2D eigenvalue weighted by Gasteiger charge is -2.05. The summed E-state index contributed by atoms with van der Waals surface area (Å²) in [5.41, 5.74) is 10.2. The van der Waals surface area contributed by atoms with Crippen LogP contribution in [-0.2, 0) is 0 Å². The van der Waals surface area contributed by atoms with Crippen molar-refractivity contribution in [2.24, 2.45) is 21.0 Å². The number of nitrogens with zero attached hydrogens (tertiary/aromatic N) is 3. The van der Waals surface area contributed by atoms with Crippen molar-refractivity contribution in [1.82, 2.24) is 5.43 Å². The molecule has 0 atom stereocenters. The summed E-state index contributed by atoms with van der Waals surface area (Å²) in [6.45, 7) is -0.633. The first kappa shape index (κ1) is 19.9. The summed E-state index contributed by atoms with van der Waals surface area (Å²) < 4.78 is 0. The van der Waals surface area contributed by atoms with Gasteiger partial charge in [-0.1, -0.05) is 47.5 Å². The van der Waals surface area contributed by atoms with E-state index in [-0.39, 0.29) is 19.2 Å². The smallest absolute Gasteiger partial charge is 0.234 e. The molecule has 0 spiro atoms. The van der Waals surface area contributed by atoms with Crippen LogP contribution in [0.2, 0.25) is 10.0 Å². The number of hydrogen-bond donors (Lipinski definition) is 4. The Morgan fingerprint density at radius 2 is 1.27 bits per heavy atom. The lowest BCUT2D eigenvalue weighted by Crippen LogP contribution is -2.29. The molecule has 2 rings (SSSR count). The summed E-state index contributed by atoms with van der Waals surface area (Å²) in [6, 6.07) is 13.6. The van der Waals surface area contributed by atoms with Crippen molar-refractivity contribution < 1.29 is 10.2 Å². The maximum atomic E-state index is 9.43. The molecular weight excluding hydrogens is 377 g/mol. The number of rotatable bonds is 6. The first-order valence-corrected chi connectivity index (χ1v) is 8.25. The van der Waals surface area contributed by atoms with E-state index in [9.17, 15) is 10.2 Å². The Kier molecular flexibility index (Phi) is 7.55. The molecule has 0 bridgehead atoms. The molecular formula is C17H17Cl2N5O2. The van der Waals surface area contributed by atoms with Gasteiger partial charge in [0.1, 0.15) is 0 Å². The van der Waals surface area contributed by atoms with E-state index in [1.807, 2.05) is 0 Å². The molecule has 0 aliphatic heterocycles. The quantitative estimate of drug-likeness (QED) is 0.341. The lowest BCUT2D eigenvalue weighted by molar-refractivity contribution is 0.357. The standard InChI is InChI=1S/C17H17Cl2N5O2/c18-13-5-1-11(2-6-13)15(9-25)21-23-17(20)24-22-16(10-26)12-3-7-14(19)8-4-12/h1-8,25-26H,9-10H2,(H3,20,23,24)/b21-15+,22-16+. The third-order valence-corrected chi connectivity index (χ3v) is 3.74. The minimum Gasteiger partial charge on any atom is -0.390 e. The highest BCUT2D eigenvalue weighted by molar-refractivity contribution is 6.31. The van der Waals surface area contributed by atoms with Crippen LogP contribution in [0.15, 0.2) is 63.8 Å². The van der Waals surface area contributed by atoms with Crippen LogP contribution in [-0.4, -0.2) is 40.8 Å². The van der Waals surface area contributed by atoms with E-state index in [4.69, 9.17) is 28.9 Å². The Bertz CT molecular complexity index is 818. The van der Waals surface area contributed by atoms with Crippen LogP contribution in [0.4, 0.5) is 0 Å². The molecule has 0 radical (unpaired) electrons. The number of aliphatic hydroxyl groups excluding tert-OH is 2. The van der Waals surface area contributed by atoms with Crippen molar-refractivity contribution in [3.05, 3.63) is 69.7 Å². The van der Waals surface area contributed by atoms with Crippen molar-refractivity contribution in [3.63, 3.8) is 0 Å². The molecule has 0 saturated heterocycles. The van der Waals surface area contributed by atoms with E-state index in [1.165, 1.54) is 0 Å².